The van der Waals surface area contributed by atoms with Crippen LogP contribution >= 0.6 is 0 Å². The lowest BCUT2D eigenvalue weighted by atomic mass is 10.1. The van der Waals surface area contributed by atoms with Crippen molar-refractivity contribution in [3.63, 3.8) is 0 Å². The van der Waals surface area contributed by atoms with Crippen LogP contribution in [0.3, 0.4) is 0 Å². The fourth-order valence-electron chi connectivity index (χ4n) is 2.71. The topological polar surface area (TPSA) is 114 Å². The average Bonchev–Trinajstić information content (AvgIpc) is 2.45. The van der Waals surface area contributed by atoms with E-state index in [1.54, 1.807) is 26.8 Å². The molecule has 1 aliphatic heterocycles. The van der Waals surface area contributed by atoms with Crippen LogP contribution in [0.5, 0.6) is 0 Å². The monoisotopic (exact) mass is 388 g/mol. The van der Waals surface area contributed by atoms with Gasteiger partial charge in [0.2, 0.25) is 0 Å². The van der Waals surface area contributed by atoms with Gasteiger partial charge in [-0.05, 0) is 51.8 Å². The quantitative estimate of drug-likeness (QED) is 0.677. The highest BCUT2D eigenvalue weighted by atomic mass is 32.2. The summed E-state index contributed by atoms with van der Waals surface area (Å²) in [6.45, 7) is 6.03. The summed E-state index contributed by atoms with van der Waals surface area (Å²) < 4.78 is 46.5. The number of nitrogen functional groups attached to an aromatic ring is 1. The zero-order valence-corrected chi connectivity index (χ0v) is 15.9. The number of amides is 1. The first kappa shape index (κ1) is 20.2. The molecule has 146 valence electrons. The lowest BCUT2D eigenvalue weighted by Gasteiger charge is -2.34. The van der Waals surface area contributed by atoms with Gasteiger partial charge in [-0.15, -0.1) is 0 Å². The van der Waals surface area contributed by atoms with Gasteiger partial charge in [-0.2, -0.15) is 13.1 Å². The van der Waals surface area contributed by atoms with Crippen LogP contribution in [0.1, 0.15) is 33.6 Å². The first-order valence-electron chi connectivity index (χ1n) is 8.28. The first-order valence-corrected chi connectivity index (χ1v) is 9.76. The molecule has 8 nitrogen and oxygen atoms in total. The number of benzene rings is 1. The SMILES string of the molecule is CC(C)(C)OC(=O)NS(=O)(=O)NC1CCN(c2ccc(F)cc2N)CC1. The van der Waals surface area contributed by atoms with E-state index in [1.807, 2.05) is 9.62 Å². The van der Waals surface area contributed by atoms with Crippen LogP contribution in [-0.4, -0.2) is 39.2 Å². The van der Waals surface area contributed by atoms with Crippen LogP contribution in [0.25, 0.3) is 0 Å². The second-order valence-corrected chi connectivity index (χ2v) is 8.64. The number of carbonyl (C=O) groups excluding carboxylic acids is 1. The number of halogens is 1. The van der Waals surface area contributed by atoms with Crippen LogP contribution in [0.2, 0.25) is 0 Å². The highest BCUT2D eigenvalue weighted by Crippen LogP contribution is 2.27. The number of piperidine rings is 1. The van der Waals surface area contributed by atoms with Crippen molar-refractivity contribution in [3.8, 4) is 0 Å². The Hall–Kier alpha value is -2.07. The summed E-state index contributed by atoms with van der Waals surface area (Å²) in [5.41, 5.74) is 6.11. The van der Waals surface area contributed by atoms with Crippen LogP contribution in [-0.2, 0) is 14.9 Å². The molecule has 1 aromatic rings. The highest BCUT2D eigenvalue weighted by Gasteiger charge is 2.27. The number of nitrogens with two attached hydrogens (primary N) is 1. The Morgan fingerprint density at radius 2 is 1.92 bits per heavy atom. The van der Waals surface area contributed by atoms with Gasteiger partial charge in [0.15, 0.2) is 0 Å². The molecule has 0 unspecified atom stereocenters. The minimum absolute atomic E-state index is 0.326. The molecular weight excluding hydrogens is 363 g/mol. The summed E-state index contributed by atoms with van der Waals surface area (Å²) in [6.07, 6.45) is 0.0134. The molecule has 0 bridgehead atoms. The minimum Gasteiger partial charge on any atom is -0.443 e. The van der Waals surface area contributed by atoms with E-state index in [0.29, 0.717) is 31.6 Å². The van der Waals surface area contributed by atoms with Crippen molar-refractivity contribution in [2.24, 2.45) is 0 Å². The van der Waals surface area contributed by atoms with E-state index < -0.39 is 27.7 Å². The van der Waals surface area contributed by atoms with Crippen LogP contribution in [0.15, 0.2) is 18.2 Å². The van der Waals surface area contributed by atoms with Crippen molar-refractivity contribution in [3.05, 3.63) is 24.0 Å². The molecule has 1 amide bonds. The molecule has 0 radical (unpaired) electrons. The average molecular weight is 388 g/mol. The summed E-state index contributed by atoms with van der Waals surface area (Å²) in [7, 11) is -4.02. The number of hydrogen-bond donors (Lipinski definition) is 3. The zero-order chi connectivity index (χ0) is 19.5. The van der Waals surface area contributed by atoms with Crippen molar-refractivity contribution >= 4 is 27.7 Å². The second kappa shape index (κ2) is 7.67. The molecular formula is C16H25FN4O4S. The molecule has 0 spiro atoms. The maximum atomic E-state index is 13.1. The van der Waals surface area contributed by atoms with Crippen molar-refractivity contribution in [2.45, 2.75) is 45.3 Å². The number of carbonyl (C=O) groups is 1. The molecule has 26 heavy (non-hydrogen) atoms. The van der Waals surface area contributed by atoms with Gasteiger partial charge < -0.3 is 15.4 Å². The Morgan fingerprint density at radius 1 is 1.31 bits per heavy atom. The fourth-order valence-corrected chi connectivity index (χ4v) is 3.70. The molecule has 0 atom stereocenters. The van der Waals surface area contributed by atoms with Gasteiger partial charge in [0.05, 0.1) is 11.4 Å². The van der Waals surface area contributed by atoms with Crippen molar-refractivity contribution in [2.75, 3.05) is 23.7 Å². The lowest BCUT2D eigenvalue weighted by molar-refractivity contribution is 0.0569. The molecule has 1 fully saturated rings. The number of hydrogen-bond acceptors (Lipinski definition) is 6. The summed E-state index contributed by atoms with van der Waals surface area (Å²) in [5, 5.41) is 0. The molecule has 0 aliphatic carbocycles. The largest absolute Gasteiger partial charge is 0.443 e. The Bertz CT molecular complexity index is 756. The summed E-state index contributed by atoms with van der Waals surface area (Å²) in [4.78, 5) is 13.6. The van der Waals surface area contributed by atoms with E-state index >= 15 is 0 Å². The van der Waals surface area contributed by atoms with Gasteiger partial charge in [-0.1, -0.05) is 0 Å². The number of ether oxygens (including phenoxy) is 1. The Kier molecular flexibility index (Phi) is 5.97. The fraction of sp³-hybridized carbons (Fsp3) is 0.562. The minimum atomic E-state index is -4.02. The Balaban J connectivity index is 1.88. The highest BCUT2D eigenvalue weighted by molar-refractivity contribution is 7.88. The number of rotatable bonds is 4. The normalized spacial score (nSPS) is 16.4. The van der Waals surface area contributed by atoms with Gasteiger partial charge >= 0.3 is 16.3 Å². The third-order valence-electron chi connectivity index (χ3n) is 3.76. The van der Waals surface area contributed by atoms with Crippen LogP contribution < -0.4 is 20.1 Å². The molecule has 1 aliphatic rings. The first-order chi connectivity index (χ1) is 12.0. The molecule has 4 N–H and O–H groups in total. The zero-order valence-electron chi connectivity index (χ0n) is 15.1. The van der Waals surface area contributed by atoms with Gasteiger partial charge in [0, 0.05) is 19.1 Å². The third-order valence-corrected chi connectivity index (χ3v) is 4.84. The summed E-state index contributed by atoms with van der Waals surface area (Å²) in [5.74, 6) is -0.401. The van der Waals surface area contributed by atoms with E-state index in [2.05, 4.69) is 4.72 Å². The van der Waals surface area contributed by atoms with Crippen LogP contribution in [0.4, 0.5) is 20.6 Å². The third kappa shape index (κ3) is 6.03. The Labute approximate surface area is 153 Å². The summed E-state index contributed by atoms with van der Waals surface area (Å²) >= 11 is 0. The Morgan fingerprint density at radius 3 is 2.46 bits per heavy atom. The molecule has 2 rings (SSSR count). The number of nitrogens with zero attached hydrogens (tertiary/aromatic N) is 1. The molecule has 0 aromatic heterocycles. The number of anilines is 2. The maximum absolute atomic E-state index is 13.1. The second-order valence-electron chi connectivity index (χ2n) is 7.19. The predicted molar refractivity (Wildman–Crippen MR) is 97.5 cm³/mol. The van der Waals surface area contributed by atoms with Crippen molar-refractivity contribution in [1.29, 1.82) is 0 Å². The molecule has 10 heteroatoms. The standard InChI is InChI=1S/C16H25FN4O4S/c1-16(2,3)25-15(22)20-26(23,24)19-12-6-8-21(9-7-12)14-5-4-11(17)10-13(14)18/h4-5,10,12,19H,6-9,18H2,1-3H3,(H,20,22). The van der Waals surface area contributed by atoms with Gasteiger partial charge in [-0.25, -0.2) is 13.9 Å². The van der Waals surface area contributed by atoms with E-state index in [-0.39, 0.29) is 6.04 Å². The molecule has 1 saturated heterocycles. The van der Waals surface area contributed by atoms with Gasteiger partial charge in [-0.3, -0.25) is 0 Å². The van der Waals surface area contributed by atoms with Crippen LogP contribution in [0, 0.1) is 5.82 Å². The molecule has 1 heterocycles. The molecule has 1 aromatic carbocycles. The summed E-state index contributed by atoms with van der Waals surface area (Å²) in [6, 6.07) is 3.88. The van der Waals surface area contributed by atoms with Gasteiger partial charge in [0.1, 0.15) is 11.4 Å². The van der Waals surface area contributed by atoms with E-state index in [0.717, 1.165) is 5.69 Å². The lowest BCUT2D eigenvalue weighted by Crippen LogP contribution is -2.50. The van der Waals surface area contributed by atoms with Crippen molar-refractivity contribution < 1.29 is 22.3 Å². The van der Waals surface area contributed by atoms with E-state index in [1.165, 1.54) is 12.1 Å². The smallest absolute Gasteiger partial charge is 0.422 e. The van der Waals surface area contributed by atoms with E-state index in [4.69, 9.17) is 10.5 Å². The van der Waals surface area contributed by atoms with E-state index in [9.17, 15) is 17.6 Å². The maximum Gasteiger partial charge on any atom is 0.422 e. The van der Waals surface area contributed by atoms with Crippen molar-refractivity contribution in [1.82, 2.24) is 9.44 Å². The molecule has 0 saturated carbocycles. The predicted octanol–water partition coefficient (Wildman–Crippen LogP) is 1.74. The number of nitrogens with one attached hydrogen (secondary N) is 2. The van der Waals surface area contributed by atoms with Gasteiger partial charge in [0.25, 0.3) is 0 Å².